The number of thioether (sulfide) groups is 1. The first-order valence-corrected chi connectivity index (χ1v) is 15.4. The van der Waals surface area contributed by atoms with Gasteiger partial charge in [-0.25, -0.2) is 9.97 Å². The number of carbonyl (C=O) groups is 2. The van der Waals surface area contributed by atoms with Gasteiger partial charge in [0.05, 0.1) is 33.1 Å². The molecule has 2 aliphatic rings. The molecule has 2 saturated heterocycles. The Morgan fingerprint density at radius 1 is 0.957 bits per heavy atom. The molecule has 0 unspecified atom stereocenters. The summed E-state index contributed by atoms with van der Waals surface area (Å²) in [5.74, 6) is 0.325. The van der Waals surface area contributed by atoms with Gasteiger partial charge in [-0.3, -0.25) is 19.9 Å². The van der Waals surface area contributed by atoms with Gasteiger partial charge in [0.25, 0.3) is 11.1 Å². The molecule has 2 amide bonds. The van der Waals surface area contributed by atoms with Gasteiger partial charge in [-0.15, -0.1) is 0 Å². The van der Waals surface area contributed by atoms with Crippen LogP contribution in [0.1, 0.15) is 35.4 Å². The highest BCUT2D eigenvalue weighted by molar-refractivity contribution is 8.18. The average molecular weight is 673 g/mol. The normalized spacial score (nSPS) is 17.1. The lowest BCUT2D eigenvalue weighted by Gasteiger charge is -2.32. The van der Waals surface area contributed by atoms with E-state index in [-0.39, 0.29) is 29.1 Å². The molecular weight excluding hydrogens is 646 g/mol. The number of aromatic nitrogens is 3. The Labute approximate surface area is 268 Å². The number of hydrogen-bond acceptors (Lipinski definition) is 8. The van der Waals surface area contributed by atoms with E-state index < -0.39 is 40.2 Å². The predicted octanol–water partition coefficient (Wildman–Crippen LogP) is 7.06. The minimum Gasteiger partial charge on any atom is -0.341 e. The molecule has 2 aromatic carbocycles. The fourth-order valence-electron chi connectivity index (χ4n) is 5.60. The molecule has 0 spiro atoms. The number of imide groups is 1. The molecule has 4 heterocycles. The van der Waals surface area contributed by atoms with Gasteiger partial charge in [-0.2, -0.15) is 26.3 Å². The highest BCUT2D eigenvalue weighted by Gasteiger charge is 2.38. The van der Waals surface area contributed by atoms with Gasteiger partial charge in [0, 0.05) is 36.8 Å². The fraction of sp³-hybridized carbons (Fsp3) is 0.281. The number of halogens is 6. The lowest BCUT2D eigenvalue weighted by Crippen LogP contribution is -2.38. The number of carbonyl (C=O) groups excluding carboxylic acids is 2. The summed E-state index contributed by atoms with van der Waals surface area (Å²) >= 11 is 0.813. The largest absolute Gasteiger partial charge is 0.417 e. The first-order chi connectivity index (χ1) is 22.3. The van der Waals surface area contributed by atoms with Crippen LogP contribution in [0.25, 0.3) is 28.1 Å². The Bertz CT molecular complexity index is 1870. The number of nitrogens with zero attached hydrogens (tertiary/aromatic N) is 4. The van der Waals surface area contributed by atoms with E-state index in [0.29, 0.717) is 48.4 Å². The van der Waals surface area contributed by atoms with Crippen molar-refractivity contribution < 1.29 is 35.9 Å². The maximum atomic E-state index is 13.9. The molecule has 2 N–H and O–H groups in total. The number of nitrogens with one attached hydrogen (secondary N) is 2. The average Bonchev–Trinajstić information content (AvgIpc) is 3.35. The number of amides is 2. The summed E-state index contributed by atoms with van der Waals surface area (Å²) in [6.07, 6.45) is -5.19. The van der Waals surface area contributed by atoms with Crippen LogP contribution in [0, 0.1) is 5.92 Å². The van der Waals surface area contributed by atoms with Crippen LogP contribution < -0.4 is 15.5 Å². The predicted molar refractivity (Wildman–Crippen MR) is 165 cm³/mol. The first kappa shape index (κ1) is 32.4. The molecule has 47 heavy (non-hydrogen) atoms. The molecule has 0 aliphatic carbocycles. The standard InChI is InChI=1S/C32H26F6N6O2S/c33-31(34,35)20-5-6-23(24(14-20)32(36,37)38)25-13-19-3-1-2-4-22(19)26(42-25)17-39-16-18-8-11-44(12-9-18)29-40-10-7-21(41-29)15-27-28(45)43-30(46)47-27/h1-7,10,13-15,18,39H,8-9,11-12,16-17H2,(H,43,45,46)/b27-15-. The third-order valence-electron chi connectivity index (χ3n) is 7.96. The summed E-state index contributed by atoms with van der Waals surface area (Å²) < 4.78 is 81.6. The molecule has 2 fully saturated rings. The Balaban J connectivity index is 1.13. The Morgan fingerprint density at radius 3 is 2.43 bits per heavy atom. The maximum Gasteiger partial charge on any atom is 0.417 e. The number of pyridine rings is 1. The molecule has 15 heteroatoms. The summed E-state index contributed by atoms with van der Waals surface area (Å²) in [7, 11) is 0. The highest BCUT2D eigenvalue weighted by Crippen LogP contribution is 2.41. The molecule has 0 atom stereocenters. The van der Waals surface area contributed by atoms with Crippen molar-refractivity contribution in [1.82, 2.24) is 25.6 Å². The molecule has 0 saturated carbocycles. The van der Waals surface area contributed by atoms with Gasteiger partial charge in [0.15, 0.2) is 0 Å². The second-order valence-corrected chi connectivity index (χ2v) is 12.1. The zero-order valence-corrected chi connectivity index (χ0v) is 25.3. The molecule has 8 nitrogen and oxygen atoms in total. The van der Waals surface area contributed by atoms with Crippen LogP contribution in [-0.4, -0.2) is 45.7 Å². The first-order valence-electron chi connectivity index (χ1n) is 14.6. The van der Waals surface area contributed by atoms with Gasteiger partial charge < -0.3 is 10.2 Å². The van der Waals surface area contributed by atoms with Crippen molar-refractivity contribution in [2.75, 3.05) is 24.5 Å². The zero-order valence-electron chi connectivity index (χ0n) is 24.5. The van der Waals surface area contributed by atoms with Crippen molar-refractivity contribution in [2.45, 2.75) is 31.7 Å². The maximum absolute atomic E-state index is 13.9. The fourth-order valence-corrected chi connectivity index (χ4v) is 6.27. The minimum atomic E-state index is -5.02. The van der Waals surface area contributed by atoms with Crippen LogP contribution in [0.15, 0.2) is 65.7 Å². The number of anilines is 1. The van der Waals surface area contributed by atoms with E-state index in [9.17, 15) is 35.9 Å². The topological polar surface area (TPSA) is 100 Å². The summed E-state index contributed by atoms with van der Waals surface area (Å²) in [5.41, 5.74) is -2.28. The molecule has 0 radical (unpaired) electrons. The monoisotopic (exact) mass is 672 g/mol. The van der Waals surface area contributed by atoms with Gasteiger partial charge >= 0.3 is 12.4 Å². The van der Waals surface area contributed by atoms with Crippen LogP contribution in [0.4, 0.5) is 37.1 Å². The van der Waals surface area contributed by atoms with Gasteiger partial charge in [-0.05, 0) is 72.8 Å². The van der Waals surface area contributed by atoms with Gasteiger partial charge in [0.1, 0.15) is 0 Å². The Hall–Kier alpha value is -4.50. The molecule has 2 aromatic heterocycles. The SMILES string of the molecule is O=C1NC(=O)/C(=C/c2ccnc(N3CCC(CNCc4nc(-c5ccc(C(F)(F)F)cc5C(F)(F)F)cc5ccccc45)CC3)n2)S1. The number of benzene rings is 2. The molecule has 4 aromatic rings. The van der Waals surface area contributed by atoms with Crippen LogP contribution >= 0.6 is 11.8 Å². The van der Waals surface area contributed by atoms with E-state index in [1.807, 2.05) is 4.90 Å². The number of rotatable bonds is 7. The van der Waals surface area contributed by atoms with Crippen molar-refractivity contribution in [3.63, 3.8) is 0 Å². The number of fused-ring (bicyclic) bond motifs is 1. The molecule has 2 aliphatic heterocycles. The van der Waals surface area contributed by atoms with Crippen molar-refractivity contribution in [1.29, 1.82) is 0 Å². The Morgan fingerprint density at radius 2 is 1.72 bits per heavy atom. The minimum absolute atomic E-state index is 0.0634. The van der Waals surface area contributed by atoms with Gasteiger partial charge in [-0.1, -0.05) is 30.3 Å². The summed E-state index contributed by atoms with van der Waals surface area (Å²) in [5, 5.41) is 6.49. The molecule has 244 valence electrons. The quantitative estimate of drug-likeness (QED) is 0.159. The van der Waals surface area contributed by atoms with E-state index in [4.69, 9.17) is 0 Å². The van der Waals surface area contributed by atoms with Crippen LogP contribution in [0.5, 0.6) is 0 Å². The number of hydrogen-bond donors (Lipinski definition) is 2. The smallest absolute Gasteiger partial charge is 0.341 e. The summed E-state index contributed by atoms with van der Waals surface area (Å²) in [4.78, 5) is 39.0. The van der Waals surface area contributed by atoms with Gasteiger partial charge in [0.2, 0.25) is 5.95 Å². The molecule has 6 rings (SSSR count). The van der Waals surface area contributed by atoms with Crippen molar-refractivity contribution in [3.05, 3.63) is 88.2 Å². The van der Waals surface area contributed by atoms with Crippen molar-refractivity contribution in [3.8, 4) is 11.3 Å². The second kappa shape index (κ2) is 13.0. The Kier molecular flexibility index (Phi) is 8.94. The molecular formula is C32H26F6N6O2S. The van der Waals surface area contributed by atoms with E-state index >= 15 is 0 Å². The summed E-state index contributed by atoms with van der Waals surface area (Å²) in [6, 6.07) is 11.8. The number of alkyl halides is 6. The van der Waals surface area contributed by atoms with Crippen LogP contribution in [-0.2, 0) is 23.7 Å². The van der Waals surface area contributed by atoms with Crippen LogP contribution in [0.3, 0.4) is 0 Å². The van der Waals surface area contributed by atoms with E-state index in [2.05, 4.69) is 25.6 Å². The lowest BCUT2D eigenvalue weighted by atomic mass is 9.96. The number of piperidine rings is 1. The molecule has 0 bridgehead atoms. The third kappa shape index (κ3) is 7.41. The zero-order chi connectivity index (χ0) is 33.3. The second-order valence-electron chi connectivity index (χ2n) is 11.1. The van der Waals surface area contributed by atoms with Crippen LogP contribution in [0.2, 0.25) is 0 Å². The summed E-state index contributed by atoms with van der Waals surface area (Å²) in [6.45, 7) is 2.19. The highest BCUT2D eigenvalue weighted by atomic mass is 32.2. The third-order valence-corrected chi connectivity index (χ3v) is 8.77. The van der Waals surface area contributed by atoms with Crippen molar-refractivity contribution >= 4 is 45.7 Å². The van der Waals surface area contributed by atoms with E-state index in [0.717, 1.165) is 36.1 Å². The lowest BCUT2D eigenvalue weighted by molar-refractivity contribution is -0.142. The van der Waals surface area contributed by atoms with Crippen molar-refractivity contribution in [2.24, 2.45) is 5.92 Å². The van der Waals surface area contributed by atoms with E-state index in [1.54, 1.807) is 42.6 Å². The van der Waals surface area contributed by atoms with E-state index in [1.165, 1.54) is 6.07 Å².